The fraction of sp³-hybridized carbons (Fsp3) is 0.231. The summed E-state index contributed by atoms with van der Waals surface area (Å²) in [7, 11) is 0. The molecule has 2 N–H and O–H groups in total. The molecule has 0 aliphatic heterocycles. The smallest absolute Gasteiger partial charge is 0.317 e. The zero-order chi connectivity index (χ0) is 13.4. The third kappa shape index (κ3) is 5.54. The largest absolute Gasteiger partial charge is 0.481 e. The Bertz CT molecular complexity index is 428. The lowest BCUT2D eigenvalue weighted by Gasteiger charge is -2.07. The molecule has 0 amide bonds. The standard InChI is InChI=1S/C13H14O4S/c14-12(15)9-11(13(16)17)18-8-4-7-10-5-2-1-3-6-10/h1-7,11H,8-9H2,(H,14,15)(H,16,17)/b7-4+/t11-/m0/s1. The molecule has 96 valence electrons. The van der Waals surface area contributed by atoms with Gasteiger partial charge in [0, 0.05) is 5.75 Å². The number of aliphatic carboxylic acids is 2. The minimum Gasteiger partial charge on any atom is -0.481 e. The van der Waals surface area contributed by atoms with E-state index in [2.05, 4.69) is 0 Å². The molecular weight excluding hydrogens is 252 g/mol. The maximum atomic E-state index is 10.8. The van der Waals surface area contributed by atoms with Crippen molar-refractivity contribution in [2.24, 2.45) is 0 Å². The lowest BCUT2D eigenvalue weighted by molar-refractivity contribution is -0.142. The van der Waals surface area contributed by atoms with Gasteiger partial charge in [0.25, 0.3) is 0 Å². The van der Waals surface area contributed by atoms with Gasteiger partial charge in [-0.05, 0) is 5.56 Å². The van der Waals surface area contributed by atoms with Gasteiger partial charge in [-0.1, -0.05) is 42.5 Å². The molecule has 1 atom stereocenters. The van der Waals surface area contributed by atoms with Crippen molar-refractivity contribution in [1.29, 1.82) is 0 Å². The van der Waals surface area contributed by atoms with E-state index in [1.165, 1.54) is 0 Å². The van der Waals surface area contributed by atoms with Crippen LogP contribution in [0.4, 0.5) is 0 Å². The SMILES string of the molecule is O=C(O)C[C@H](SC/C=C/c1ccccc1)C(=O)O. The number of hydrogen-bond acceptors (Lipinski definition) is 3. The minimum absolute atomic E-state index is 0.362. The highest BCUT2D eigenvalue weighted by atomic mass is 32.2. The Labute approximate surface area is 109 Å². The molecule has 1 aromatic rings. The molecule has 0 saturated carbocycles. The van der Waals surface area contributed by atoms with Crippen LogP contribution in [0, 0.1) is 0 Å². The number of benzene rings is 1. The normalized spacial score (nSPS) is 12.4. The van der Waals surface area contributed by atoms with E-state index in [1.54, 1.807) is 0 Å². The van der Waals surface area contributed by atoms with Crippen molar-refractivity contribution in [3.63, 3.8) is 0 Å². The molecule has 0 aromatic heterocycles. The summed E-state index contributed by atoms with van der Waals surface area (Å²) in [5, 5.41) is 16.5. The molecule has 1 aromatic carbocycles. The second kappa shape index (κ2) is 7.55. The number of carbonyl (C=O) groups is 2. The van der Waals surface area contributed by atoms with Crippen molar-refractivity contribution in [1.82, 2.24) is 0 Å². The maximum absolute atomic E-state index is 10.8. The van der Waals surface area contributed by atoms with E-state index in [9.17, 15) is 9.59 Å². The van der Waals surface area contributed by atoms with Gasteiger partial charge in [0.05, 0.1) is 6.42 Å². The van der Waals surface area contributed by atoms with E-state index in [-0.39, 0.29) is 6.42 Å². The lowest BCUT2D eigenvalue weighted by atomic mass is 10.2. The van der Waals surface area contributed by atoms with Crippen LogP contribution in [0.25, 0.3) is 6.08 Å². The molecule has 0 saturated heterocycles. The van der Waals surface area contributed by atoms with E-state index in [0.29, 0.717) is 5.75 Å². The van der Waals surface area contributed by atoms with Crippen molar-refractivity contribution in [3.8, 4) is 0 Å². The molecule has 0 bridgehead atoms. The summed E-state index contributed by atoms with van der Waals surface area (Å²) in [6.07, 6.45) is 3.35. The fourth-order valence-corrected chi connectivity index (χ4v) is 2.14. The van der Waals surface area contributed by atoms with Crippen LogP contribution >= 0.6 is 11.8 Å². The zero-order valence-corrected chi connectivity index (χ0v) is 10.5. The van der Waals surface area contributed by atoms with Crippen molar-refractivity contribution in [3.05, 3.63) is 42.0 Å². The Balaban J connectivity index is 2.41. The summed E-state index contributed by atoms with van der Waals surface area (Å²) in [5.74, 6) is -1.71. The molecule has 0 heterocycles. The van der Waals surface area contributed by atoms with Crippen LogP contribution in [0.1, 0.15) is 12.0 Å². The highest BCUT2D eigenvalue weighted by Crippen LogP contribution is 2.16. The van der Waals surface area contributed by atoms with Crippen LogP contribution in [-0.2, 0) is 9.59 Å². The number of carboxylic acid groups (broad SMARTS) is 2. The first-order chi connectivity index (χ1) is 8.59. The van der Waals surface area contributed by atoms with Gasteiger partial charge in [-0.15, -0.1) is 11.8 Å². The van der Waals surface area contributed by atoms with Gasteiger partial charge >= 0.3 is 11.9 Å². The Morgan fingerprint density at radius 3 is 2.44 bits per heavy atom. The fourth-order valence-electron chi connectivity index (χ4n) is 1.30. The minimum atomic E-state index is -1.10. The average Bonchev–Trinajstić information content (AvgIpc) is 2.33. The molecule has 0 radical (unpaired) electrons. The number of thioether (sulfide) groups is 1. The second-order valence-corrected chi connectivity index (χ2v) is 4.81. The second-order valence-electron chi connectivity index (χ2n) is 3.57. The summed E-state index contributed by atoms with van der Waals surface area (Å²) in [5.41, 5.74) is 1.03. The molecule has 18 heavy (non-hydrogen) atoms. The van der Waals surface area contributed by atoms with E-state index in [4.69, 9.17) is 10.2 Å². The molecule has 0 unspecified atom stereocenters. The Hall–Kier alpha value is -1.75. The number of carboxylic acids is 2. The van der Waals surface area contributed by atoms with Crippen LogP contribution in [0.5, 0.6) is 0 Å². The van der Waals surface area contributed by atoms with E-state index in [0.717, 1.165) is 17.3 Å². The van der Waals surface area contributed by atoms with Crippen LogP contribution in [0.15, 0.2) is 36.4 Å². The highest BCUT2D eigenvalue weighted by Gasteiger charge is 2.20. The van der Waals surface area contributed by atoms with Gasteiger partial charge in [-0.2, -0.15) is 0 Å². The van der Waals surface area contributed by atoms with E-state index in [1.807, 2.05) is 42.5 Å². The Morgan fingerprint density at radius 1 is 1.22 bits per heavy atom. The topological polar surface area (TPSA) is 74.6 Å². The Kier molecular flexibility index (Phi) is 6.00. The summed E-state index contributed by atoms with van der Waals surface area (Å²) in [6.45, 7) is 0. The van der Waals surface area contributed by atoms with Crippen LogP contribution in [0.2, 0.25) is 0 Å². The monoisotopic (exact) mass is 266 g/mol. The molecule has 0 spiro atoms. The van der Waals surface area contributed by atoms with E-state index >= 15 is 0 Å². The van der Waals surface area contributed by atoms with Crippen molar-refractivity contribution in [2.75, 3.05) is 5.75 Å². The Morgan fingerprint density at radius 2 is 1.89 bits per heavy atom. The molecule has 4 nitrogen and oxygen atoms in total. The first-order valence-corrected chi connectivity index (χ1v) is 6.42. The van der Waals surface area contributed by atoms with Crippen LogP contribution in [-0.4, -0.2) is 33.2 Å². The van der Waals surface area contributed by atoms with Gasteiger partial charge in [-0.25, -0.2) is 0 Å². The molecule has 5 heteroatoms. The summed E-state index contributed by atoms with van der Waals surface area (Å²) in [6, 6.07) is 9.62. The predicted octanol–water partition coefficient (Wildman–Crippen LogP) is 2.36. The van der Waals surface area contributed by atoms with Crippen molar-refractivity contribution < 1.29 is 19.8 Å². The molecule has 0 aliphatic carbocycles. The third-order valence-electron chi connectivity index (χ3n) is 2.14. The molecule has 0 fully saturated rings. The lowest BCUT2D eigenvalue weighted by Crippen LogP contribution is -2.20. The van der Waals surface area contributed by atoms with E-state index < -0.39 is 17.2 Å². The van der Waals surface area contributed by atoms with Gasteiger partial charge < -0.3 is 10.2 Å². The summed E-state index contributed by atoms with van der Waals surface area (Å²) in [4.78, 5) is 21.3. The first-order valence-electron chi connectivity index (χ1n) is 5.37. The maximum Gasteiger partial charge on any atom is 0.317 e. The third-order valence-corrected chi connectivity index (χ3v) is 3.29. The van der Waals surface area contributed by atoms with Gasteiger partial charge in [0.1, 0.15) is 5.25 Å². The quantitative estimate of drug-likeness (QED) is 0.792. The van der Waals surface area contributed by atoms with Gasteiger partial charge in [0.2, 0.25) is 0 Å². The molecular formula is C13H14O4S. The van der Waals surface area contributed by atoms with Gasteiger partial charge in [0.15, 0.2) is 0 Å². The van der Waals surface area contributed by atoms with Gasteiger partial charge in [-0.3, -0.25) is 9.59 Å². The molecule has 1 rings (SSSR count). The first kappa shape index (κ1) is 14.3. The number of rotatable bonds is 7. The summed E-state index contributed by atoms with van der Waals surface area (Å²) < 4.78 is 0. The highest BCUT2D eigenvalue weighted by molar-refractivity contribution is 8.00. The van der Waals surface area contributed by atoms with Crippen LogP contribution < -0.4 is 0 Å². The van der Waals surface area contributed by atoms with Crippen LogP contribution in [0.3, 0.4) is 0 Å². The van der Waals surface area contributed by atoms with Crippen molar-refractivity contribution in [2.45, 2.75) is 11.7 Å². The number of hydrogen-bond donors (Lipinski definition) is 2. The molecule has 0 aliphatic rings. The predicted molar refractivity (Wildman–Crippen MR) is 71.6 cm³/mol. The summed E-state index contributed by atoms with van der Waals surface area (Å²) >= 11 is 1.11. The van der Waals surface area contributed by atoms with Crippen molar-refractivity contribution >= 4 is 29.8 Å². The average molecular weight is 266 g/mol. The zero-order valence-electron chi connectivity index (χ0n) is 9.65.